The van der Waals surface area contributed by atoms with Gasteiger partial charge in [-0.25, -0.2) is 9.78 Å². The second kappa shape index (κ2) is 8.26. The van der Waals surface area contributed by atoms with Crippen molar-refractivity contribution < 1.29 is 14.7 Å². The van der Waals surface area contributed by atoms with E-state index in [4.69, 9.17) is 5.11 Å². The highest BCUT2D eigenvalue weighted by atomic mass is 32.2. The molecule has 0 aliphatic carbocycles. The van der Waals surface area contributed by atoms with E-state index in [1.54, 1.807) is 36.9 Å². The fourth-order valence-electron chi connectivity index (χ4n) is 1.58. The summed E-state index contributed by atoms with van der Waals surface area (Å²) in [5.74, 6) is 0.117. The Morgan fingerprint density at radius 3 is 2.70 bits per heavy atom. The Hall–Kier alpha value is -1.08. The minimum Gasteiger partial charge on any atom is -0.480 e. The third kappa shape index (κ3) is 5.92. The van der Waals surface area contributed by atoms with E-state index in [-0.39, 0.29) is 11.8 Å². The van der Waals surface area contributed by atoms with Crippen molar-refractivity contribution in [1.29, 1.82) is 0 Å². The van der Waals surface area contributed by atoms with E-state index in [0.29, 0.717) is 12.2 Å². The van der Waals surface area contributed by atoms with Crippen LogP contribution in [0.25, 0.3) is 0 Å². The number of aliphatic carboxylic acids is 1. The van der Waals surface area contributed by atoms with Gasteiger partial charge in [-0.3, -0.25) is 4.79 Å². The van der Waals surface area contributed by atoms with Gasteiger partial charge in [-0.2, -0.15) is 11.8 Å². The van der Waals surface area contributed by atoms with Gasteiger partial charge in [0, 0.05) is 23.3 Å². The third-order valence-corrected chi connectivity index (χ3v) is 4.45. The van der Waals surface area contributed by atoms with Gasteiger partial charge in [-0.05, 0) is 12.8 Å². The van der Waals surface area contributed by atoms with Crippen molar-refractivity contribution in [1.82, 2.24) is 10.3 Å². The van der Waals surface area contributed by atoms with Crippen molar-refractivity contribution in [2.75, 3.05) is 5.75 Å². The van der Waals surface area contributed by atoms with Gasteiger partial charge in [0.05, 0.1) is 10.7 Å². The Bertz CT molecular complexity index is 460. The lowest BCUT2D eigenvalue weighted by Crippen LogP contribution is -2.44. The minimum atomic E-state index is -0.987. The number of carbonyl (C=O) groups excluding carboxylic acids is 1. The van der Waals surface area contributed by atoms with Crippen molar-refractivity contribution in [3.63, 3.8) is 0 Å². The number of thioether (sulfide) groups is 1. The second-order valence-corrected chi connectivity index (χ2v) is 6.96. The molecule has 0 aromatic carbocycles. The van der Waals surface area contributed by atoms with E-state index >= 15 is 0 Å². The van der Waals surface area contributed by atoms with Crippen LogP contribution in [0, 0.1) is 12.8 Å². The lowest BCUT2D eigenvalue weighted by Gasteiger charge is -2.17. The molecule has 0 aliphatic heterocycles. The average molecular weight is 316 g/mol. The molecule has 0 radical (unpaired) electrons. The van der Waals surface area contributed by atoms with Crippen molar-refractivity contribution >= 4 is 35.0 Å². The van der Waals surface area contributed by atoms with E-state index < -0.39 is 12.0 Å². The van der Waals surface area contributed by atoms with Crippen LogP contribution in [-0.4, -0.2) is 33.8 Å². The summed E-state index contributed by atoms with van der Waals surface area (Å²) in [4.78, 5) is 27.0. The zero-order chi connectivity index (χ0) is 15.1. The van der Waals surface area contributed by atoms with Crippen LogP contribution in [-0.2, 0) is 15.3 Å². The molecular weight excluding hydrogens is 296 g/mol. The quantitative estimate of drug-likeness (QED) is 0.719. The first-order valence-electron chi connectivity index (χ1n) is 6.41. The molecule has 1 rings (SSSR count). The van der Waals surface area contributed by atoms with E-state index in [9.17, 15) is 9.59 Å². The van der Waals surface area contributed by atoms with Crippen LogP contribution >= 0.6 is 23.1 Å². The monoisotopic (exact) mass is 316 g/mol. The number of carboxylic acid groups (broad SMARTS) is 1. The van der Waals surface area contributed by atoms with Gasteiger partial charge in [-0.15, -0.1) is 11.3 Å². The first-order chi connectivity index (χ1) is 9.40. The Morgan fingerprint density at radius 2 is 2.20 bits per heavy atom. The van der Waals surface area contributed by atoms with Crippen LogP contribution in [0.2, 0.25) is 0 Å². The molecule has 112 valence electrons. The Balaban J connectivity index is 2.24. The number of carboxylic acids is 1. The summed E-state index contributed by atoms with van der Waals surface area (Å²) in [6, 6.07) is -0.811. The fraction of sp³-hybridized carbons (Fsp3) is 0.615. The summed E-state index contributed by atoms with van der Waals surface area (Å²) in [5.41, 5.74) is 1.03. The van der Waals surface area contributed by atoms with Crippen LogP contribution in [0.1, 0.15) is 31.0 Å². The zero-order valence-corrected chi connectivity index (χ0v) is 13.5. The van der Waals surface area contributed by atoms with Gasteiger partial charge in [0.25, 0.3) is 0 Å². The number of nitrogens with zero attached hydrogens (tertiary/aromatic N) is 1. The lowest BCUT2D eigenvalue weighted by atomic mass is 10.0. The topological polar surface area (TPSA) is 79.3 Å². The number of nitrogens with one attached hydrogen (secondary N) is 1. The standard InChI is InChI=1S/C13H20N2O3S2/c1-8(2)12(13(17)18)15-11(16)4-5-19-6-10-7-20-9(3)14-10/h7-8,12H,4-6H2,1-3H3,(H,15,16)(H,17,18)/t12-/m0/s1. The average Bonchev–Trinajstić information content (AvgIpc) is 2.77. The predicted octanol–water partition coefficient (Wildman–Crippen LogP) is 2.30. The molecule has 1 aromatic rings. The Labute approximate surface area is 127 Å². The van der Waals surface area contributed by atoms with Crippen LogP contribution < -0.4 is 5.32 Å². The number of thiazole rings is 1. The maximum Gasteiger partial charge on any atom is 0.326 e. The normalized spacial score (nSPS) is 12.4. The number of amides is 1. The molecule has 0 bridgehead atoms. The summed E-state index contributed by atoms with van der Waals surface area (Å²) in [6.07, 6.45) is 0.324. The van der Waals surface area contributed by atoms with Crippen LogP contribution in [0.5, 0.6) is 0 Å². The van der Waals surface area contributed by atoms with Gasteiger partial charge >= 0.3 is 5.97 Å². The van der Waals surface area contributed by atoms with Crippen LogP contribution in [0.15, 0.2) is 5.38 Å². The molecule has 0 aliphatic rings. The molecule has 0 fully saturated rings. The molecule has 0 spiro atoms. The van der Waals surface area contributed by atoms with E-state index in [1.165, 1.54) is 0 Å². The molecule has 2 N–H and O–H groups in total. The Kier molecular flexibility index (Phi) is 7.01. The molecule has 7 heteroatoms. The van der Waals surface area contributed by atoms with Gasteiger partial charge in [0.1, 0.15) is 6.04 Å². The van der Waals surface area contributed by atoms with Crippen molar-refractivity contribution in [2.24, 2.45) is 5.92 Å². The molecule has 0 saturated carbocycles. The molecule has 1 atom stereocenters. The highest BCUT2D eigenvalue weighted by Gasteiger charge is 2.22. The van der Waals surface area contributed by atoms with Gasteiger partial charge in [-0.1, -0.05) is 13.8 Å². The second-order valence-electron chi connectivity index (χ2n) is 4.79. The fourth-order valence-corrected chi connectivity index (χ4v) is 3.12. The molecule has 0 unspecified atom stereocenters. The zero-order valence-electron chi connectivity index (χ0n) is 11.9. The number of hydrogen-bond acceptors (Lipinski definition) is 5. The van der Waals surface area contributed by atoms with Gasteiger partial charge in [0.15, 0.2) is 0 Å². The smallest absolute Gasteiger partial charge is 0.326 e. The number of aryl methyl sites for hydroxylation is 1. The third-order valence-electron chi connectivity index (χ3n) is 2.64. The first kappa shape index (κ1) is 17.0. The molecular formula is C13H20N2O3S2. The summed E-state index contributed by atoms with van der Waals surface area (Å²) in [6.45, 7) is 5.51. The van der Waals surface area contributed by atoms with Gasteiger partial charge in [0.2, 0.25) is 5.91 Å². The summed E-state index contributed by atoms with van der Waals surface area (Å²) >= 11 is 3.24. The van der Waals surface area contributed by atoms with Crippen LogP contribution in [0.3, 0.4) is 0 Å². The lowest BCUT2D eigenvalue weighted by molar-refractivity contribution is -0.143. The van der Waals surface area contributed by atoms with E-state index in [1.807, 2.05) is 12.3 Å². The van der Waals surface area contributed by atoms with Gasteiger partial charge < -0.3 is 10.4 Å². The first-order valence-corrected chi connectivity index (χ1v) is 8.44. The molecule has 1 aromatic heterocycles. The highest BCUT2D eigenvalue weighted by molar-refractivity contribution is 7.98. The maximum absolute atomic E-state index is 11.7. The van der Waals surface area contributed by atoms with E-state index in [0.717, 1.165) is 16.5 Å². The SMILES string of the molecule is Cc1nc(CSCCC(=O)N[C@H](C(=O)O)C(C)C)cs1. The molecule has 20 heavy (non-hydrogen) atoms. The molecule has 5 nitrogen and oxygen atoms in total. The molecule has 1 amide bonds. The van der Waals surface area contributed by atoms with E-state index in [2.05, 4.69) is 10.3 Å². The predicted molar refractivity (Wildman–Crippen MR) is 82.0 cm³/mol. The number of aromatic nitrogens is 1. The summed E-state index contributed by atoms with van der Waals surface area (Å²) in [7, 11) is 0. The maximum atomic E-state index is 11.7. The molecule has 1 heterocycles. The number of rotatable bonds is 8. The Morgan fingerprint density at radius 1 is 1.50 bits per heavy atom. The minimum absolute atomic E-state index is 0.123. The highest BCUT2D eigenvalue weighted by Crippen LogP contribution is 2.15. The van der Waals surface area contributed by atoms with Crippen LogP contribution in [0.4, 0.5) is 0 Å². The summed E-state index contributed by atoms with van der Waals surface area (Å²) < 4.78 is 0. The number of carbonyl (C=O) groups is 2. The number of hydrogen-bond donors (Lipinski definition) is 2. The molecule has 0 saturated heterocycles. The van der Waals surface area contributed by atoms with Crippen molar-refractivity contribution in [3.05, 3.63) is 16.1 Å². The van der Waals surface area contributed by atoms with Crippen molar-refractivity contribution in [3.8, 4) is 0 Å². The largest absolute Gasteiger partial charge is 0.480 e. The van der Waals surface area contributed by atoms with Crippen molar-refractivity contribution in [2.45, 2.75) is 39.0 Å². The summed E-state index contributed by atoms with van der Waals surface area (Å²) in [5, 5.41) is 14.6.